The second-order valence-electron chi connectivity index (χ2n) is 4.46. The zero-order valence-electron chi connectivity index (χ0n) is 10.8. The maximum Gasteiger partial charge on any atom is 0.320 e. The lowest BCUT2D eigenvalue weighted by atomic mass is 10.2. The van der Waals surface area contributed by atoms with E-state index in [4.69, 9.17) is 5.11 Å². The molecular weight excluding hydrogens is 246 g/mol. The number of nitrogens with zero attached hydrogens (tertiary/aromatic N) is 2. The topological polar surface area (TPSA) is 86.3 Å². The molecule has 100 valence electrons. The highest BCUT2D eigenvalue weighted by atomic mass is 16.4. The summed E-state index contributed by atoms with van der Waals surface area (Å²) >= 11 is 0. The summed E-state index contributed by atoms with van der Waals surface area (Å²) in [5, 5.41) is 9.45. The molecule has 2 N–H and O–H groups in total. The monoisotopic (exact) mass is 261 g/mol. The number of aromatic nitrogens is 2. The lowest BCUT2D eigenvalue weighted by molar-refractivity contribution is -0.142. The van der Waals surface area contributed by atoms with Crippen molar-refractivity contribution in [1.82, 2.24) is 14.9 Å². The molecule has 19 heavy (non-hydrogen) atoms. The quantitative estimate of drug-likeness (QED) is 0.851. The van der Waals surface area contributed by atoms with Crippen LogP contribution >= 0.6 is 0 Å². The van der Waals surface area contributed by atoms with Gasteiger partial charge in [-0.15, -0.1) is 0 Å². The molecule has 0 amide bonds. The number of H-pyrrole nitrogens is 1. The van der Waals surface area contributed by atoms with Gasteiger partial charge >= 0.3 is 5.97 Å². The van der Waals surface area contributed by atoms with Crippen molar-refractivity contribution in [1.29, 1.82) is 0 Å². The fraction of sp³-hybridized carbons (Fsp3) is 0.308. The number of nitrogens with one attached hydrogen (secondary N) is 1. The van der Waals surface area contributed by atoms with E-state index in [9.17, 15) is 9.59 Å². The summed E-state index contributed by atoms with van der Waals surface area (Å²) in [6, 6.07) is 6.40. The van der Waals surface area contributed by atoms with Crippen LogP contribution in [-0.2, 0) is 11.3 Å². The van der Waals surface area contributed by atoms with E-state index >= 15 is 0 Å². The van der Waals surface area contributed by atoms with Gasteiger partial charge in [-0.25, -0.2) is 4.98 Å². The number of carboxylic acids is 1. The molecule has 1 atom stereocenters. The Kier molecular flexibility index (Phi) is 3.62. The van der Waals surface area contributed by atoms with E-state index in [0.29, 0.717) is 16.7 Å². The van der Waals surface area contributed by atoms with Crippen molar-refractivity contribution in [2.45, 2.75) is 19.5 Å². The summed E-state index contributed by atoms with van der Waals surface area (Å²) in [5.41, 5.74) is 0.398. The summed E-state index contributed by atoms with van der Waals surface area (Å²) in [7, 11) is 1.67. The summed E-state index contributed by atoms with van der Waals surface area (Å²) in [6.07, 6.45) is 0. The number of carboxylic acid groups (broad SMARTS) is 1. The van der Waals surface area contributed by atoms with E-state index in [1.807, 2.05) is 6.07 Å². The molecule has 0 spiro atoms. The Morgan fingerprint density at radius 2 is 2.16 bits per heavy atom. The second-order valence-corrected chi connectivity index (χ2v) is 4.46. The molecular formula is C13H15N3O3. The number of fused-ring (bicyclic) bond motifs is 1. The molecule has 0 bridgehead atoms. The summed E-state index contributed by atoms with van der Waals surface area (Å²) in [4.78, 5) is 31.3. The van der Waals surface area contributed by atoms with Gasteiger partial charge in [0.15, 0.2) is 0 Å². The third kappa shape index (κ3) is 2.79. The lowest BCUT2D eigenvalue weighted by Gasteiger charge is -2.20. The SMILES string of the molecule is CC(C(=O)O)N(C)Cc1nc2ccccc2c(=O)[nH]1. The van der Waals surface area contributed by atoms with E-state index < -0.39 is 12.0 Å². The van der Waals surface area contributed by atoms with Gasteiger partial charge in [-0.1, -0.05) is 12.1 Å². The molecule has 0 saturated heterocycles. The summed E-state index contributed by atoms with van der Waals surface area (Å²) in [5.74, 6) is -0.454. The molecule has 6 nitrogen and oxygen atoms in total. The Balaban J connectivity index is 2.32. The van der Waals surface area contributed by atoms with Gasteiger partial charge in [0.1, 0.15) is 11.9 Å². The third-order valence-electron chi connectivity index (χ3n) is 3.08. The van der Waals surface area contributed by atoms with Crippen LogP contribution in [-0.4, -0.2) is 39.0 Å². The van der Waals surface area contributed by atoms with Crippen molar-refractivity contribution in [2.75, 3.05) is 7.05 Å². The number of aromatic amines is 1. The largest absolute Gasteiger partial charge is 0.480 e. The van der Waals surface area contributed by atoms with E-state index in [0.717, 1.165) is 0 Å². The maximum absolute atomic E-state index is 11.9. The number of benzene rings is 1. The van der Waals surface area contributed by atoms with E-state index in [-0.39, 0.29) is 12.1 Å². The average Bonchev–Trinajstić information content (AvgIpc) is 2.37. The predicted molar refractivity (Wildman–Crippen MR) is 70.9 cm³/mol. The van der Waals surface area contributed by atoms with Crippen molar-refractivity contribution < 1.29 is 9.90 Å². The normalized spacial score (nSPS) is 12.8. The smallest absolute Gasteiger partial charge is 0.320 e. The van der Waals surface area contributed by atoms with Gasteiger partial charge in [-0.2, -0.15) is 0 Å². The van der Waals surface area contributed by atoms with Crippen LogP contribution in [0.5, 0.6) is 0 Å². The fourth-order valence-electron chi connectivity index (χ4n) is 1.77. The van der Waals surface area contributed by atoms with Crippen LogP contribution in [0.1, 0.15) is 12.7 Å². The standard InChI is InChI=1S/C13H15N3O3/c1-8(13(18)19)16(2)7-11-14-10-6-4-3-5-9(10)12(17)15-11/h3-6,8H,7H2,1-2H3,(H,18,19)(H,14,15,17). The van der Waals surface area contributed by atoms with E-state index in [1.165, 1.54) is 0 Å². The number of likely N-dealkylation sites (N-methyl/N-ethyl adjacent to an activating group) is 1. The van der Waals surface area contributed by atoms with E-state index in [1.54, 1.807) is 37.1 Å². The minimum Gasteiger partial charge on any atom is -0.480 e. The molecule has 0 fully saturated rings. The van der Waals surface area contributed by atoms with Crippen molar-refractivity contribution >= 4 is 16.9 Å². The van der Waals surface area contributed by atoms with Gasteiger partial charge in [-0.05, 0) is 26.1 Å². The zero-order valence-corrected chi connectivity index (χ0v) is 10.8. The number of aliphatic carboxylic acids is 1. The number of carbonyl (C=O) groups is 1. The van der Waals surface area contributed by atoms with Gasteiger partial charge in [0, 0.05) is 0 Å². The van der Waals surface area contributed by atoms with Crippen LogP contribution in [0, 0.1) is 0 Å². The predicted octanol–water partition coefficient (Wildman–Crippen LogP) is 0.828. The number of rotatable bonds is 4. The van der Waals surface area contributed by atoms with Crippen LogP contribution in [0.25, 0.3) is 10.9 Å². The van der Waals surface area contributed by atoms with Gasteiger partial charge in [0.05, 0.1) is 17.4 Å². The van der Waals surface area contributed by atoms with Crippen molar-refractivity contribution in [2.24, 2.45) is 0 Å². The van der Waals surface area contributed by atoms with Crippen molar-refractivity contribution in [3.05, 3.63) is 40.4 Å². The van der Waals surface area contributed by atoms with Crippen LogP contribution in [0.4, 0.5) is 0 Å². The molecule has 1 aromatic carbocycles. The molecule has 0 aliphatic heterocycles. The number of para-hydroxylation sites is 1. The molecule has 1 unspecified atom stereocenters. The maximum atomic E-state index is 11.9. The Morgan fingerprint density at radius 3 is 2.84 bits per heavy atom. The molecule has 0 saturated carbocycles. The van der Waals surface area contributed by atoms with Gasteiger partial charge in [0.25, 0.3) is 5.56 Å². The molecule has 0 aliphatic rings. The van der Waals surface area contributed by atoms with Gasteiger partial charge < -0.3 is 10.1 Å². The highest BCUT2D eigenvalue weighted by Gasteiger charge is 2.17. The minimum absolute atomic E-state index is 0.211. The van der Waals surface area contributed by atoms with Crippen LogP contribution in [0.2, 0.25) is 0 Å². The molecule has 1 heterocycles. The molecule has 2 aromatic rings. The first-order chi connectivity index (χ1) is 8.99. The Hall–Kier alpha value is -2.21. The van der Waals surface area contributed by atoms with Crippen LogP contribution in [0.3, 0.4) is 0 Å². The Bertz CT molecular complexity index is 665. The minimum atomic E-state index is -0.911. The molecule has 1 aromatic heterocycles. The van der Waals surface area contributed by atoms with Crippen molar-refractivity contribution in [3.8, 4) is 0 Å². The first kappa shape index (κ1) is 13.2. The fourth-order valence-corrected chi connectivity index (χ4v) is 1.77. The van der Waals surface area contributed by atoms with Gasteiger partial charge in [0.2, 0.25) is 0 Å². The van der Waals surface area contributed by atoms with Gasteiger partial charge in [-0.3, -0.25) is 14.5 Å². The molecule has 2 rings (SSSR count). The Labute approximate surface area is 109 Å². The lowest BCUT2D eigenvalue weighted by Crippen LogP contribution is -2.36. The van der Waals surface area contributed by atoms with Crippen LogP contribution < -0.4 is 5.56 Å². The second kappa shape index (κ2) is 5.19. The number of hydrogen-bond donors (Lipinski definition) is 2. The van der Waals surface area contributed by atoms with Crippen LogP contribution in [0.15, 0.2) is 29.1 Å². The zero-order chi connectivity index (χ0) is 14.0. The number of hydrogen-bond acceptors (Lipinski definition) is 4. The van der Waals surface area contributed by atoms with Crippen molar-refractivity contribution in [3.63, 3.8) is 0 Å². The molecule has 0 radical (unpaired) electrons. The highest BCUT2D eigenvalue weighted by molar-refractivity contribution is 5.77. The summed E-state index contributed by atoms with van der Waals surface area (Å²) < 4.78 is 0. The van der Waals surface area contributed by atoms with E-state index in [2.05, 4.69) is 9.97 Å². The average molecular weight is 261 g/mol. The third-order valence-corrected chi connectivity index (χ3v) is 3.08. The highest BCUT2D eigenvalue weighted by Crippen LogP contribution is 2.07. The molecule has 0 aliphatic carbocycles. The first-order valence-corrected chi connectivity index (χ1v) is 5.90. The summed E-state index contributed by atoms with van der Waals surface area (Å²) in [6.45, 7) is 1.86. The Morgan fingerprint density at radius 1 is 1.47 bits per heavy atom. The molecule has 6 heteroatoms. The first-order valence-electron chi connectivity index (χ1n) is 5.90.